The molecule has 0 saturated carbocycles. The van der Waals surface area contributed by atoms with Crippen molar-refractivity contribution >= 4 is 11.8 Å². The van der Waals surface area contributed by atoms with Gasteiger partial charge in [-0.25, -0.2) is 0 Å². The van der Waals surface area contributed by atoms with Crippen molar-refractivity contribution in [3.63, 3.8) is 0 Å². The van der Waals surface area contributed by atoms with Gasteiger partial charge in [0, 0.05) is 11.6 Å². The first-order valence-electron chi connectivity index (χ1n) is 7.69. The first kappa shape index (κ1) is 18.3. The van der Waals surface area contributed by atoms with E-state index in [4.69, 9.17) is 14.2 Å². The highest BCUT2D eigenvalue weighted by atomic mass is 16.6. The molecule has 0 amide bonds. The van der Waals surface area contributed by atoms with Crippen LogP contribution >= 0.6 is 0 Å². The van der Waals surface area contributed by atoms with Crippen LogP contribution in [0.1, 0.15) is 18.1 Å². The van der Waals surface area contributed by atoms with Crippen molar-refractivity contribution in [2.45, 2.75) is 13.3 Å². The van der Waals surface area contributed by atoms with Gasteiger partial charge in [0.15, 0.2) is 5.75 Å². The Bertz CT molecular complexity index is 798. The Hall–Kier alpha value is -3.02. The normalized spacial score (nSPS) is 11.1. The second kappa shape index (κ2) is 8.19. The Morgan fingerprint density at radius 1 is 1.04 bits per heavy atom. The molecule has 2 aromatic carbocycles. The van der Waals surface area contributed by atoms with Crippen molar-refractivity contribution < 1.29 is 19.1 Å². The summed E-state index contributed by atoms with van der Waals surface area (Å²) >= 11 is 0. The first-order valence-corrected chi connectivity index (χ1v) is 7.69. The van der Waals surface area contributed by atoms with E-state index < -0.39 is 4.92 Å². The molecule has 0 unspecified atom stereocenters. The second-order valence-electron chi connectivity index (χ2n) is 5.54. The van der Waals surface area contributed by atoms with E-state index in [0.29, 0.717) is 6.42 Å². The zero-order valence-corrected chi connectivity index (χ0v) is 14.7. The van der Waals surface area contributed by atoms with Gasteiger partial charge in [-0.1, -0.05) is 17.7 Å². The molecule has 2 rings (SSSR count). The van der Waals surface area contributed by atoms with E-state index in [1.807, 2.05) is 37.3 Å². The number of hydrogen-bond acceptors (Lipinski definition) is 5. The van der Waals surface area contributed by atoms with Crippen molar-refractivity contribution in [3.8, 4) is 17.2 Å². The van der Waals surface area contributed by atoms with Gasteiger partial charge >= 0.3 is 5.69 Å². The number of rotatable bonds is 7. The summed E-state index contributed by atoms with van der Waals surface area (Å²) in [6.07, 6.45) is 2.56. The Morgan fingerprint density at radius 3 is 2.32 bits per heavy atom. The lowest BCUT2D eigenvalue weighted by Gasteiger charge is -2.09. The molecule has 6 nitrogen and oxygen atoms in total. The van der Waals surface area contributed by atoms with Crippen LogP contribution in [0.4, 0.5) is 5.69 Å². The van der Waals surface area contributed by atoms with Crippen LogP contribution in [0.25, 0.3) is 6.08 Å². The molecule has 0 aliphatic carbocycles. The van der Waals surface area contributed by atoms with Crippen LogP contribution in [-0.4, -0.2) is 26.3 Å². The van der Waals surface area contributed by atoms with Crippen molar-refractivity contribution in [1.29, 1.82) is 0 Å². The summed E-state index contributed by atoms with van der Waals surface area (Å²) in [6.45, 7) is 1.97. The molecule has 0 N–H and O–H groups in total. The molecule has 0 radical (unpaired) electrons. The molecule has 6 heteroatoms. The number of nitrogens with zero attached hydrogens (tertiary/aromatic N) is 1. The molecule has 0 aliphatic rings. The standard InChI is InChI=1S/C19H21NO5/c1-13(10-15-12-16(23-2)6-8-18(15)24-3)9-14-5-7-19(25-4)17(11-14)20(21)22/h5-8,10-12H,9H2,1-4H3/b13-10+. The number of nitro benzene ring substituents is 1. The predicted octanol–water partition coefficient (Wildman–Crippen LogP) is 4.27. The zero-order valence-electron chi connectivity index (χ0n) is 14.7. The van der Waals surface area contributed by atoms with Crippen molar-refractivity contribution in [2.75, 3.05) is 21.3 Å². The van der Waals surface area contributed by atoms with Crippen LogP contribution in [0.3, 0.4) is 0 Å². The highest BCUT2D eigenvalue weighted by molar-refractivity contribution is 5.62. The fraction of sp³-hybridized carbons (Fsp3) is 0.263. The van der Waals surface area contributed by atoms with Crippen molar-refractivity contribution in [3.05, 3.63) is 63.2 Å². The Kier molecular flexibility index (Phi) is 6.00. The van der Waals surface area contributed by atoms with Gasteiger partial charge in [-0.2, -0.15) is 0 Å². The Labute approximate surface area is 146 Å². The molecule has 0 fully saturated rings. The fourth-order valence-electron chi connectivity index (χ4n) is 2.58. The van der Waals surface area contributed by atoms with E-state index in [0.717, 1.165) is 28.2 Å². The lowest BCUT2D eigenvalue weighted by molar-refractivity contribution is -0.385. The molecule has 0 spiro atoms. The van der Waals surface area contributed by atoms with Gasteiger partial charge in [-0.15, -0.1) is 0 Å². The zero-order chi connectivity index (χ0) is 18.4. The van der Waals surface area contributed by atoms with Crippen LogP contribution in [0.2, 0.25) is 0 Å². The number of nitro groups is 1. The molecular formula is C19H21NO5. The Balaban J connectivity index is 2.30. The molecule has 0 heterocycles. The number of ether oxygens (including phenoxy) is 3. The van der Waals surface area contributed by atoms with Crippen molar-refractivity contribution in [2.24, 2.45) is 0 Å². The first-order chi connectivity index (χ1) is 12.0. The third kappa shape index (κ3) is 4.50. The summed E-state index contributed by atoms with van der Waals surface area (Å²) in [6, 6.07) is 10.5. The summed E-state index contributed by atoms with van der Waals surface area (Å²) in [5.41, 5.74) is 2.73. The second-order valence-corrected chi connectivity index (χ2v) is 5.54. The minimum Gasteiger partial charge on any atom is -0.497 e. The van der Waals surface area contributed by atoms with E-state index in [-0.39, 0.29) is 11.4 Å². The van der Waals surface area contributed by atoms with Gasteiger partial charge in [0.05, 0.1) is 26.3 Å². The summed E-state index contributed by atoms with van der Waals surface area (Å²) in [5, 5.41) is 11.1. The minimum absolute atomic E-state index is 0.0354. The molecule has 25 heavy (non-hydrogen) atoms. The molecule has 0 bridgehead atoms. The van der Waals surface area contributed by atoms with E-state index in [1.54, 1.807) is 26.4 Å². The van der Waals surface area contributed by atoms with Crippen LogP contribution < -0.4 is 14.2 Å². The third-order valence-corrected chi connectivity index (χ3v) is 3.76. The van der Waals surface area contributed by atoms with Crippen LogP contribution in [0, 0.1) is 10.1 Å². The maximum atomic E-state index is 11.1. The predicted molar refractivity (Wildman–Crippen MR) is 96.5 cm³/mol. The lowest BCUT2D eigenvalue weighted by Crippen LogP contribution is -1.96. The maximum absolute atomic E-state index is 11.1. The van der Waals surface area contributed by atoms with Crippen LogP contribution in [-0.2, 0) is 6.42 Å². The number of benzene rings is 2. The van der Waals surface area contributed by atoms with Crippen molar-refractivity contribution in [1.82, 2.24) is 0 Å². The molecule has 0 saturated heterocycles. The van der Waals surface area contributed by atoms with Gasteiger partial charge in [0.1, 0.15) is 11.5 Å². The summed E-state index contributed by atoms with van der Waals surface area (Å²) in [7, 11) is 4.64. The summed E-state index contributed by atoms with van der Waals surface area (Å²) in [5.74, 6) is 1.73. The highest BCUT2D eigenvalue weighted by Gasteiger charge is 2.15. The van der Waals surface area contributed by atoms with E-state index in [9.17, 15) is 10.1 Å². The fourth-order valence-corrected chi connectivity index (χ4v) is 2.58. The largest absolute Gasteiger partial charge is 0.497 e. The highest BCUT2D eigenvalue weighted by Crippen LogP contribution is 2.30. The lowest BCUT2D eigenvalue weighted by atomic mass is 10.0. The average Bonchev–Trinajstić information content (AvgIpc) is 2.61. The van der Waals surface area contributed by atoms with Gasteiger partial charge in [0.2, 0.25) is 0 Å². The summed E-state index contributed by atoms with van der Waals surface area (Å²) in [4.78, 5) is 10.7. The van der Waals surface area contributed by atoms with Gasteiger partial charge in [-0.05, 0) is 43.2 Å². The smallest absolute Gasteiger partial charge is 0.311 e. The molecular weight excluding hydrogens is 322 g/mol. The average molecular weight is 343 g/mol. The van der Waals surface area contributed by atoms with Gasteiger partial charge < -0.3 is 14.2 Å². The number of allylic oxidation sites excluding steroid dienone is 1. The molecule has 2 aromatic rings. The minimum atomic E-state index is -0.438. The maximum Gasteiger partial charge on any atom is 0.311 e. The third-order valence-electron chi connectivity index (χ3n) is 3.76. The quantitative estimate of drug-likeness (QED) is 0.555. The Morgan fingerprint density at radius 2 is 1.72 bits per heavy atom. The molecule has 132 valence electrons. The van der Waals surface area contributed by atoms with E-state index in [1.165, 1.54) is 7.11 Å². The van der Waals surface area contributed by atoms with Crippen LogP contribution in [0.15, 0.2) is 42.0 Å². The number of hydrogen-bond donors (Lipinski definition) is 0. The van der Waals surface area contributed by atoms with Gasteiger partial charge in [-0.3, -0.25) is 10.1 Å². The topological polar surface area (TPSA) is 70.8 Å². The molecule has 0 aromatic heterocycles. The number of methoxy groups -OCH3 is 3. The van der Waals surface area contributed by atoms with E-state index in [2.05, 4.69) is 0 Å². The molecule has 0 aliphatic heterocycles. The van der Waals surface area contributed by atoms with E-state index >= 15 is 0 Å². The van der Waals surface area contributed by atoms with Gasteiger partial charge in [0.25, 0.3) is 0 Å². The van der Waals surface area contributed by atoms with Crippen LogP contribution in [0.5, 0.6) is 17.2 Å². The SMILES string of the molecule is COc1ccc(OC)c(/C=C(\C)Cc2ccc(OC)c([N+](=O)[O-])c2)c1. The monoisotopic (exact) mass is 343 g/mol. The summed E-state index contributed by atoms with van der Waals surface area (Å²) < 4.78 is 15.7. The molecule has 0 atom stereocenters.